The van der Waals surface area contributed by atoms with Crippen LogP contribution in [0.2, 0.25) is 0 Å². The molecule has 1 heterocycles. The highest BCUT2D eigenvalue weighted by atomic mass is 16.5. The number of aldehydes is 1. The lowest BCUT2D eigenvalue weighted by Crippen LogP contribution is -2.35. The van der Waals surface area contributed by atoms with E-state index in [1.54, 1.807) is 14.2 Å². The van der Waals surface area contributed by atoms with Gasteiger partial charge in [-0.2, -0.15) is 0 Å². The topological polar surface area (TPSA) is 44.8 Å². The summed E-state index contributed by atoms with van der Waals surface area (Å²) in [6.45, 7) is 1.24. The fraction of sp³-hybridized carbons (Fsp3) is 0.500. The molecule has 1 saturated heterocycles. The standard InChI is InChI=1S/C14H18O4/c1-16-12-4-3-11(9-13(12)17-2)14(10-15)5-7-18-8-6-14/h3-4,9-10H,5-8H2,1-2H3. The van der Waals surface area contributed by atoms with Crippen molar-refractivity contribution in [2.45, 2.75) is 18.3 Å². The van der Waals surface area contributed by atoms with Crippen LogP contribution in [0.1, 0.15) is 18.4 Å². The molecule has 0 aliphatic carbocycles. The van der Waals surface area contributed by atoms with E-state index >= 15 is 0 Å². The molecule has 0 atom stereocenters. The Morgan fingerprint density at radius 1 is 1.17 bits per heavy atom. The Bertz CT molecular complexity index is 422. The van der Waals surface area contributed by atoms with Crippen molar-refractivity contribution in [3.63, 3.8) is 0 Å². The number of carbonyl (C=O) groups excluding carboxylic acids is 1. The monoisotopic (exact) mass is 250 g/mol. The van der Waals surface area contributed by atoms with Gasteiger partial charge in [0.15, 0.2) is 11.5 Å². The fourth-order valence-corrected chi connectivity index (χ4v) is 2.36. The van der Waals surface area contributed by atoms with Gasteiger partial charge in [0.05, 0.1) is 19.6 Å². The van der Waals surface area contributed by atoms with Crippen LogP contribution in [-0.2, 0) is 14.9 Å². The van der Waals surface area contributed by atoms with E-state index in [0.717, 1.165) is 11.8 Å². The quantitative estimate of drug-likeness (QED) is 0.766. The first kappa shape index (κ1) is 12.9. The SMILES string of the molecule is COc1ccc(C2(C=O)CCOCC2)cc1OC. The second-order valence-corrected chi connectivity index (χ2v) is 4.46. The third kappa shape index (κ3) is 2.20. The molecule has 1 fully saturated rings. The normalized spacial score (nSPS) is 18.1. The predicted octanol–water partition coefficient (Wildman–Crippen LogP) is 1.95. The first-order valence-electron chi connectivity index (χ1n) is 6.02. The van der Waals surface area contributed by atoms with E-state index in [4.69, 9.17) is 14.2 Å². The molecule has 0 radical (unpaired) electrons. The summed E-state index contributed by atoms with van der Waals surface area (Å²) >= 11 is 0. The minimum Gasteiger partial charge on any atom is -0.493 e. The molecular weight excluding hydrogens is 232 g/mol. The molecule has 0 spiro atoms. The zero-order valence-corrected chi connectivity index (χ0v) is 10.8. The third-order valence-electron chi connectivity index (χ3n) is 3.57. The number of carbonyl (C=O) groups is 1. The lowest BCUT2D eigenvalue weighted by molar-refractivity contribution is -0.115. The molecule has 0 amide bonds. The van der Waals surface area contributed by atoms with Crippen molar-refractivity contribution in [1.29, 1.82) is 0 Å². The molecule has 4 nitrogen and oxygen atoms in total. The van der Waals surface area contributed by atoms with Gasteiger partial charge in [0.25, 0.3) is 0 Å². The first-order valence-corrected chi connectivity index (χ1v) is 6.02. The third-order valence-corrected chi connectivity index (χ3v) is 3.57. The molecule has 0 aromatic heterocycles. The van der Waals surface area contributed by atoms with Crippen LogP contribution < -0.4 is 9.47 Å². The summed E-state index contributed by atoms with van der Waals surface area (Å²) in [6, 6.07) is 5.66. The highest BCUT2D eigenvalue weighted by Gasteiger charge is 2.34. The van der Waals surface area contributed by atoms with E-state index in [1.807, 2.05) is 18.2 Å². The van der Waals surface area contributed by atoms with Crippen LogP contribution in [-0.4, -0.2) is 33.7 Å². The van der Waals surface area contributed by atoms with Crippen molar-refractivity contribution in [2.75, 3.05) is 27.4 Å². The van der Waals surface area contributed by atoms with Crippen LogP contribution in [0.5, 0.6) is 11.5 Å². The van der Waals surface area contributed by atoms with E-state index in [-0.39, 0.29) is 0 Å². The van der Waals surface area contributed by atoms with E-state index in [1.165, 1.54) is 0 Å². The van der Waals surface area contributed by atoms with Gasteiger partial charge < -0.3 is 19.0 Å². The number of benzene rings is 1. The van der Waals surface area contributed by atoms with Crippen LogP contribution in [0.4, 0.5) is 0 Å². The maximum atomic E-state index is 11.5. The second-order valence-electron chi connectivity index (χ2n) is 4.46. The molecule has 2 rings (SSSR count). The number of rotatable bonds is 4. The van der Waals surface area contributed by atoms with Crippen molar-refractivity contribution in [3.05, 3.63) is 23.8 Å². The van der Waals surface area contributed by atoms with Crippen molar-refractivity contribution in [2.24, 2.45) is 0 Å². The van der Waals surface area contributed by atoms with Gasteiger partial charge in [-0.15, -0.1) is 0 Å². The predicted molar refractivity (Wildman–Crippen MR) is 67.3 cm³/mol. The zero-order chi connectivity index (χ0) is 13.0. The molecule has 0 unspecified atom stereocenters. The molecule has 18 heavy (non-hydrogen) atoms. The van der Waals surface area contributed by atoms with Crippen molar-refractivity contribution in [3.8, 4) is 11.5 Å². The Morgan fingerprint density at radius 2 is 1.83 bits per heavy atom. The maximum Gasteiger partial charge on any atom is 0.161 e. The van der Waals surface area contributed by atoms with Gasteiger partial charge >= 0.3 is 0 Å². The molecule has 98 valence electrons. The van der Waals surface area contributed by atoms with Crippen LogP contribution in [0, 0.1) is 0 Å². The zero-order valence-electron chi connectivity index (χ0n) is 10.8. The average molecular weight is 250 g/mol. The number of ether oxygens (including phenoxy) is 3. The maximum absolute atomic E-state index is 11.5. The van der Waals surface area contributed by atoms with Gasteiger partial charge in [-0.05, 0) is 30.5 Å². The summed E-state index contributed by atoms with van der Waals surface area (Å²) in [5, 5.41) is 0. The Morgan fingerprint density at radius 3 is 2.39 bits per heavy atom. The number of hydrogen-bond donors (Lipinski definition) is 0. The van der Waals surface area contributed by atoms with Crippen molar-refractivity contribution >= 4 is 6.29 Å². The van der Waals surface area contributed by atoms with E-state index in [0.29, 0.717) is 37.6 Å². The van der Waals surface area contributed by atoms with Gasteiger partial charge in [-0.3, -0.25) is 0 Å². The summed E-state index contributed by atoms with van der Waals surface area (Å²) in [4.78, 5) is 11.5. The van der Waals surface area contributed by atoms with Gasteiger partial charge in [0.2, 0.25) is 0 Å². The molecular formula is C14H18O4. The fourth-order valence-electron chi connectivity index (χ4n) is 2.36. The summed E-state index contributed by atoms with van der Waals surface area (Å²) in [5.74, 6) is 1.33. The lowest BCUT2D eigenvalue weighted by atomic mass is 9.75. The van der Waals surface area contributed by atoms with Crippen LogP contribution in [0.15, 0.2) is 18.2 Å². The minimum absolute atomic E-state index is 0.447. The van der Waals surface area contributed by atoms with Gasteiger partial charge in [-0.1, -0.05) is 6.07 Å². The molecule has 0 N–H and O–H groups in total. The number of hydrogen-bond acceptors (Lipinski definition) is 4. The Labute approximate surface area is 107 Å². The van der Waals surface area contributed by atoms with Crippen LogP contribution in [0.3, 0.4) is 0 Å². The molecule has 1 aliphatic heterocycles. The number of methoxy groups -OCH3 is 2. The Kier molecular flexibility index (Phi) is 3.87. The van der Waals surface area contributed by atoms with Gasteiger partial charge in [-0.25, -0.2) is 0 Å². The van der Waals surface area contributed by atoms with E-state index < -0.39 is 5.41 Å². The lowest BCUT2D eigenvalue weighted by Gasteiger charge is -2.32. The largest absolute Gasteiger partial charge is 0.493 e. The minimum atomic E-state index is -0.447. The van der Waals surface area contributed by atoms with Crippen molar-refractivity contribution in [1.82, 2.24) is 0 Å². The van der Waals surface area contributed by atoms with E-state index in [9.17, 15) is 4.79 Å². The van der Waals surface area contributed by atoms with Crippen LogP contribution >= 0.6 is 0 Å². The Hall–Kier alpha value is -1.55. The second kappa shape index (κ2) is 5.40. The summed E-state index contributed by atoms with van der Waals surface area (Å²) in [5.41, 5.74) is 0.524. The molecule has 1 aliphatic rings. The van der Waals surface area contributed by atoms with Gasteiger partial charge in [0, 0.05) is 13.2 Å². The average Bonchev–Trinajstić information content (AvgIpc) is 2.47. The van der Waals surface area contributed by atoms with Crippen molar-refractivity contribution < 1.29 is 19.0 Å². The molecule has 4 heteroatoms. The molecule has 0 bridgehead atoms. The summed E-state index contributed by atoms with van der Waals surface area (Å²) < 4.78 is 15.8. The summed E-state index contributed by atoms with van der Waals surface area (Å²) in [6.07, 6.45) is 2.47. The molecule has 1 aromatic carbocycles. The highest BCUT2D eigenvalue weighted by Crippen LogP contribution is 2.37. The first-order chi connectivity index (χ1) is 8.75. The van der Waals surface area contributed by atoms with Gasteiger partial charge in [0.1, 0.15) is 6.29 Å². The molecule has 0 saturated carbocycles. The summed E-state index contributed by atoms with van der Waals surface area (Å²) in [7, 11) is 3.20. The van der Waals surface area contributed by atoms with Crippen LogP contribution in [0.25, 0.3) is 0 Å². The highest BCUT2D eigenvalue weighted by molar-refractivity contribution is 5.69. The Balaban J connectivity index is 2.39. The van der Waals surface area contributed by atoms with E-state index in [2.05, 4.69) is 0 Å². The smallest absolute Gasteiger partial charge is 0.161 e. The molecule has 1 aromatic rings.